The van der Waals surface area contributed by atoms with Crippen molar-refractivity contribution < 1.29 is 19.0 Å². The molecule has 0 bridgehead atoms. The molecule has 1 aliphatic rings. The van der Waals surface area contributed by atoms with Crippen LogP contribution in [0.5, 0.6) is 5.88 Å². The molecule has 4 rings (SSSR count). The molecule has 1 N–H and O–H groups in total. The summed E-state index contributed by atoms with van der Waals surface area (Å²) in [5.74, 6) is -0.350. The minimum atomic E-state index is -0.364. The van der Waals surface area contributed by atoms with Crippen molar-refractivity contribution in [3.63, 3.8) is 0 Å². The number of halogens is 1. The maximum Gasteiger partial charge on any atom is 0.259 e. The van der Waals surface area contributed by atoms with Crippen molar-refractivity contribution >= 4 is 5.91 Å². The Labute approximate surface area is 206 Å². The van der Waals surface area contributed by atoms with Crippen LogP contribution in [0, 0.1) is 11.7 Å². The number of nitrogens with zero attached hydrogens (tertiary/aromatic N) is 3. The topological polar surface area (TPSA) is 65.9 Å². The van der Waals surface area contributed by atoms with Gasteiger partial charge in [-0.05, 0) is 43.3 Å². The SMILES string of the molecule is C[C@H]1CN([C@@H](C)CO)C(=O)c2cc(-c3cccc(F)c3)cnc2O[C@H]1CN(C)Cc1ccccc1. The van der Waals surface area contributed by atoms with Gasteiger partial charge in [-0.2, -0.15) is 0 Å². The number of carbonyl (C=O) groups excluding carboxylic acids is 1. The van der Waals surface area contributed by atoms with Crippen LogP contribution in [0.2, 0.25) is 0 Å². The predicted molar refractivity (Wildman–Crippen MR) is 134 cm³/mol. The number of carbonyl (C=O) groups is 1. The summed E-state index contributed by atoms with van der Waals surface area (Å²) in [4.78, 5) is 21.9. The van der Waals surface area contributed by atoms with E-state index in [9.17, 15) is 14.3 Å². The van der Waals surface area contributed by atoms with Gasteiger partial charge in [-0.25, -0.2) is 9.37 Å². The molecule has 6 nitrogen and oxygen atoms in total. The van der Waals surface area contributed by atoms with E-state index in [1.54, 1.807) is 29.3 Å². The van der Waals surface area contributed by atoms with E-state index >= 15 is 0 Å². The molecule has 0 saturated carbocycles. The number of aliphatic hydroxyl groups excluding tert-OH is 1. The summed E-state index contributed by atoms with van der Waals surface area (Å²) in [6.45, 7) is 5.57. The fourth-order valence-electron chi connectivity index (χ4n) is 4.41. The largest absolute Gasteiger partial charge is 0.472 e. The van der Waals surface area contributed by atoms with Crippen LogP contribution in [0.3, 0.4) is 0 Å². The van der Waals surface area contributed by atoms with Crippen LogP contribution >= 0.6 is 0 Å². The fourth-order valence-corrected chi connectivity index (χ4v) is 4.41. The van der Waals surface area contributed by atoms with Gasteiger partial charge in [0.1, 0.15) is 17.5 Å². The molecule has 0 fully saturated rings. The Bertz CT molecular complexity index is 1160. The second kappa shape index (κ2) is 11.0. The Hall–Kier alpha value is -3.29. The van der Waals surface area contributed by atoms with Crippen LogP contribution in [0.4, 0.5) is 4.39 Å². The smallest absolute Gasteiger partial charge is 0.259 e. The lowest BCUT2D eigenvalue weighted by atomic mass is 9.99. The second-order valence-electron chi connectivity index (χ2n) is 9.39. The van der Waals surface area contributed by atoms with Gasteiger partial charge in [0.15, 0.2) is 0 Å². The van der Waals surface area contributed by atoms with Crippen molar-refractivity contribution in [1.29, 1.82) is 0 Å². The lowest BCUT2D eigenvalue weighted by Gasteiger charge is -2.37. The summed E-state index contributed by atoms with van der Waals surface area (Å²) in [6, 6.07) is 17.8. The predicted octanol–water partition coefficient (Wildman–Crippen LogP) is 4.24. The minimum absolute atomic E-state index is 0.00372. The standard InChI is InChI=1S/C28H32FN3O3/c1-19-15-32(20(2)18-33)28(34)25-13-23(22-10-7-11-24(29)12-22)14-30-27(25)35-26(19)17-31(3)16-21-8-5-4-6-9-21/h4-14,19-20,26,33H,15-18H2,1-3H3/t19-,20-,26-/m0/s1. The van der Waals surface area contributed by atoms with Gasteiger partial charge in [0.25, 0.3) is 5.91 Å². The number of ether oxygens (including phenoxy) is 1. The number of amides is 1. The Balaban J connectivity index is 1.66. The average Bonchev–Trinajstić information content (AvgIpc) is 2.86. The number of hydrogen-bond acceptors (Lipinski definition) is 5. The molecule has 184 valence electrons. The van der Waals surface area contributed by atoms with Gasteiger partial charge in [-0.1, -0.05) is 49.4 Å². The van der Waals surface area contributed by atoms with Crippen molar-refractivity contribution in [2.45, 2.75) is 32.5 Å². The summed E-state index contributed by atoms with van der Waals surface area (Å²) >= 11 is 0. The molecule has 2 aromatic carbocycles. The van der Waals surface area contributed by atoms with Gasteiger partial charge in [0, 0.05) is 37.3 Å². The number of pyridine rings is 1. The Morgan fingerprint density at radius 3 is 2.66 bits per heavy atom. The summed E-state index contributed by atoms with van der Waals surface area (Å²) in [5.41, 5.74) is 2.78. The molecule has 0 radical (unpaired) electrons. The van der Waals surface area contributed by atoms with Crippen molar-refractivity contribution in [2.75, 3.05) is 26.7 Å². The van der Waals surface area contributed by atoms with E-state index in [2.05, 4.69) is 28.9 Å². The fraction of sp³-hybridized carbons (Fsp3) is 0.357. The van der Waals surface area contributed by atoms with Crippen molar-refractivity contribution in [3.05, 3.63) is 83.8 Å². The van der Waals surface area contributed by atoms with Crippen LogP contribution in [-0.4, -0.2) is 64.7 Å². The average molecular weight is 478 g/mol. The van der Waals surface area contributed by atoms with Gasteiger partial charge >= 0.3 is 0 Å². The highest BCUT2D eigenvalue weighted by molar-refractivity contribution is 5.98. The lowest BCUT2D eigenvalue weighted by molar-refractivity contribution is 0.0325. The Morgan fingerprint density at radius 1 is 1.17 bits per heavy atom. The summed E-state index contributed by atoms with van der Waals surface area (Å²) < 4.78 is 20.2. The number of hydrogen-bond donors (Lipinski definition) is 1. The third-order valence-electron chi connectivity index (χ3n) is 6.47. The highest BCUT2D eigenvalue weighted by Gasteiger charge is 2.34. The van der Waals surface area contributed by atoms with Gasteiger partial charge in [-0.3, -0.25) is 9.69 Å². The van der Waals surface area contributed by atoms with E-state index in [4.69, 9.17) is 4.74 Å². The second-order valence-corrected chi connectivity index (χ2v) is 9.39. The molecular formula is C28H32FN3O3. The molecule has 0 spiro atoms. The van der Waals surface area contributed by atoms with E-state index in [1.807, 2.05) is 32.2 Å². The number of aliphatic hydroxyl groups is 1. The summed E-state index contributed by atoms with van der Waals surface area (Å²) in [5, 5.41) is 9.85. The molecule has 2 heterocycles. The third-order valence-corrected chi connectivity index (χ3v) is 6.47. The Morgan fingerprint density at radius 2 is 1.94 bits per heavy atom. The highest BCUT2D eigenvalue weighted by Crippen LogP contribution is 2.30. The first-order valence-electron chi connectivity index (χ1n) is 11.9. The molecule has 1 aliphatic heterocycles. The van der Waals surface area contributed by atoms with Crippen molar-refractivity contribution in [1.82, 2.24) is 14.8 Å². The first kappa shape index (κ1) is 24.8. The van der Waals surface area contributed by atoms with Gasteiger partial charge in [0.05, 0.1) is 12.6 Å². The molecule has 1 aromatic heterocycles. The first-order chi connectivity index (χ1) is 16.9. The molecule has 35 heavy (non-hydrogen) atoms. The Kier molecular flexibility index (Phi) is 7.78. The molecule has 1 amide bonds. The summed E-state index contributed by atoms with van der Waals surface area (Å²) in [6.07, 6.45) is 1.38. The third kappa shape index (κ3) is 5.86. The minimum Gasteiger partial charge on any atom is -0.472 e. The molecule has 0 aliphatic carbocycles. The first-order valence-corrected chi connectivity index (χ1v) is 11.9. The molecular weight excluding hydrogens is 445 g/mol. The molecule has 0 unspecified atom stereocenters. The molecule has 0 saturated heterocycles. The van der Waals surface area contributed by atoms with Crippen LogP contribution in [0.15, 0.2) is 66.9 Å². The van der Waals surface area contributed by atoms with Gasteiger partial charge < -0.3 is 14.7 Å². The van der Waals surface area contributed by atoms with E-state index in [1.165, 1.54) is 17.7 Å². The van der Waals surface area contributed by atoms with Crippen LogP contribution in [-0.2, 0) is 6.54 Å². The van der Waals surface area contributed by atoms with E-state index < -0.39 is 0 Å². The monoisotopic (exact) mass is 477 g/mol. The summed E-state index contributed by atoms with van der Waals surface area (Å²) in [7, 11) is 2.04. The van der Waals surface area contributed by atoms with Crippen LogP contribution < -0.4 is 4.74 Å². The molecule has 3 aromatic rings. The number of aromatic nitrogens is 1. The molecule has 3 atom stereocenters. The van der Waals surface area contributed by atoms with E-state index in [0.717, 1.165) is 6.54 Å². The van der Waals surface area contributed by atoms with Crippen molar-refractivity contribution in [2.24, 2.45) is 5.92 Å². The van der Waals surface area contributed by atoms with Crippen molar-refractivity contribution in [3.8, 4) is 17.0 Å². The zero-order chi connectivity index (χ0) is 24.9. The van der Waals surface area contributed by atoms with Crippen LogP contribution in [0.1, 0.15) is 29.8 Å². The maximum absolute atomic E-state index is 13.8. The van der Waals surface area contributed by atoms with Crippen LogP contribution in [0.25, 0.3) is 11.1 Å². The quantitative estimate of drug-likeness (QED) is 0.552. The number of likely N-dealkylation sites (N-methyl/N-ethyl adjacent to an activating group) is 1. The number of fused-ring (bicyclic) bond motifs is 1. The van der Waals surface area contributed by atoms with Gasteiger partial charge in [0.2, 0.25) is 5.88 Å². The normalized spacial score (nSPS) is 19.0. The van der Waals surface area contributed by atoms with Gasteiger partial charge in [-0.15, -0.1) is 0 Å². The van der Waals surface area contributed by atoms with E-state index in [0.29, 0.717) is 29.8 Å². The number of benzene rings is 2. The lowest BCUT2D eigenvalue weighted by Crippen LogP contribution is -2.49. The molecule has 7 heteroatoms. The zero-order valence-corrected chi connectivity index (χ0v) is 20.4. The maximum atomic E-state index is 13.8. The number of rotatable bonds is 7. The zero-order valence-electron chi connectivity index (χ0n) is 20.4. The highest BCUT2D eigenvalue weighted by atomic mass is 19.1. The van der Waals surface area contributed by atoms with E-state index in [-0.39, 0.29) is 42.3 Å².